The second-order valence-electron chi connectivity index (χ2n) is 5.52. The summed E-state index contributed by atoms with van der Waals surface area (Å²) in [5.74, 6) is -0.282. The van der Waals surface area contributed by atoms with Crippen LogP contribution in [0.5, 0.6) is 0 Å². The van der Waals surface area contributed by atoms with Gasteiger partial charge in [-0.25, -0.2) is 0 Å². The number of nitro groups is 1. The molecule has 2 rings (SSSR count). The van der Waals surface area contributed by atoms with E-state index in [1.807, 2.05) is 4.90 Å². The Balaban J connectivity index is 2.35. The fraction of sp³-hybridized carbons (Fsp3) is 0.500. The summed E-state index contributed by atoms with van der Waals surface area (Å²) in [6.07, 6.45) is 1.07. The molecule has 0 atom stereocenters. The van der Waals surface area contributed by atoms with E-state index >= 15 is 0 Å². The highest BCUT2D eigenvalue weighted by Gasteiger charge is 2.30. The van der Waals surface area contributed by atoms with Crippen molar-refractivity contribution in [1.82, 2.24) is 5.32 Å². The van der Waals surface area contributed by atoms with Gasteiger partial charge in [0.05, 0.1) is 10.5 Å². The van der Waals surface area contributed by atoms with Gasteiger partial charge in [-0.1, -0.05) is 0 Å². The minimum absolute atomic E-state index is 0.0239. The Morgan fingerprint density at radius 1 is 1.43 bits per heavy atom. The van der Waals surface area contributed by atoms with Crippen LogP contribution in [0.1, 0.15) is 30.1 Å². The van der Waals surface area contributed by atoms with E-state index in [0.717, 1.165) is 0 Å². The van der Waals surface area contributed by atoms with Crippen molar-refractivity contribution < 1.29 is 14.8 Å². The Hall–Kier alpha value is -2.15. The molecule has 2 N–H and O–H groups in total. The van der Waals surface area contributed by atoms with Crippen LogP contribution >= 0.6 is 0 Å². The number of carbonyl (C=O) groups excluding carboxylic acids is 1. The number of hydrogen-bond donors (Lipinski definition) is 2. The van der Waals surface area contributed by atoms with Crippen molar-refractivity contribution in [3.05, 3.63) is 33.9 Å². The molecule has 21 heavy (non-hydrogen) atoms. The smallest absolute Gasteiger partial charge is 0.292 e. The summed E-state index contributed by atoms with van der Waals surface area (Å²) in [6, 6.07) is 4.34. The molecule has 0 radical (unpaired) electrons. The lowest BCUT2D eigenvalue weighted by Gasteiger charge is -2.36. The maximum Gasteiger partial charge on any atom is 0.292 e. The number of nitrogens with zero attached hydrogens (tertiary/aromatic N) is 2. The van der Waals surface area contributed by atoms with Gasteiger partial charge in [0.25, 0.3) is 11.6 Å². The lowest BCUT2D eigenvalue weighted by molar-refractivity contribution is -0.384. The normalized spacial score (nSPS) is 17.4. The number of rotatable bonds is 3. The van der Waals surface area contributed by atoms with Crippen LogP contribution in [-0.2, 0) is 0 Å². The molecule has 1 aliphatic heterocycles. The third-order valence-electron chi connectivity index (χ3n) is 3.84. The molecule has 0 bridgehead atoms. The lowest BCUT2D eigenvalue weighted by Crippen LogP contribution is -2.42. The van der Waals surface area contributed by atoms with Gasteiger partial charge in [0, 0.05) is 31.8 Å². The van der Waals surface area contributed by atoms with Crippen molar-refractivity contribution in [1.29, 1.82) is 0 Å². The molecule has 0 spiro atoms. The van der Waals surface area contributed by atoms with E-state index in [-0.39, 0.29) is 11.6 Å². The van der Waals surface area contributed by atoms with Crippen molar-refractivity contribution in [2.24, 2.45) is 0 Å². The van der Waals surface area contributed by atoms with Crippen LogP contribution in [-0.4, -0.2) is 41.7 Å². The van der Waals surface area contributed by atoms with Crippen molar-refractivity contribution in [3.8, 4) is 0 Å². The highest BCUT2D eigenvalue weighted by Crippen LogP contribution is 2.33. The summed E-state index contributed by atoms with van der Waals surface area (Å²) in [7, 11) is 1.52. The van der Waals surface area contributed by atoms with Gasteiger partial charge in [-0.3, -0.25) is 14.9 Å². The average Bonchev–Trinajstić information content (AvgIpc) is 2.45. The van der Waals surface area contributed by atoms with E-state index in [1.54, 1.807) is 6.92 Å². The minimum Gasteiger partial charge on any atom is -0.390 e. The van der Waals surface area contributed by atoms with Gasteiger partial charge in [-0.2, -0.15) is 0 Å². The number of nitro benzene ring substituents is 1. The Bertz CT molecular complexity index is 561. The summed E-state index contributed by atoms with van der Waals surface area (Å²) in [5, 5.41) is 23.7. The highest BCUT2D eigenvalue weighted by atomic mass is 16.6. The first-order valence-electron chi connectivity index (χ1n) is 6.82. The summed E-state index contributed by atoms with van der Waals surface area (Å²) >= 11 is 0. The second kappa shape index (κ2) is 5.69. The number of carbonyl (C=O) groups is 1. The van der Waals surface area contributed by atoms with E-state index in [9.17, 15) is 20.0 Å². The standard InChI is InChI=1S/C14H19N3O4/c1-14(19)5-7-16(8-6-14)12-9-10(13(18)15-2)3-4-11(12)17(20)21/h3-4,9,19H,5-8H2,1-2H3,(H,15,18). The van der Waals surface area contributed by atoms with Gasteiger partial charge in [0.15, 0.2) is 0 Å². The van der Waals surface area contributed by atoms with Crippen LogP contribution < -0.4 is 10.2 Å². The zero-order valence-corrected chi connectivity index (χ0v) is 12.1. The van der Waals surface area contributed by atoms with Crippen LogP contribution in [0.3, 0.4) is 0 Å². The topological polar surface area (TPSA) is 95.7 Å². The van der Waals surface area contributed by atoms with Gasteiger partial charge in [-0.15, -0.1) is 0 Å². The monoisotopic (exact) mass is 293 g/mol. The Labute approximate surface area is 122 Å². The van der Waals surface area contributed by atoms with Crippen molar-refractivity contribution in [2.75, 3.05) is 25.0 Å². The predicted molar refractivity (Wildman–Crippen MR) is 78.6 cm³/mol. The van der Waals surface area contributed by atoms with E-state index in [2.05, 4.69) is 5.32 Å². The number of anilines is 1. The molecule has 1 aliphatic rings. The zero-order valence-electron chi connectivity index (χ0n) is 12.1. The minimum atomic E-state index is -0.732. The third-order valence-corrected chi connectivity index (χ3v) is 3.84. The first kappa shape index (κ1) is 15.2. The molecule has 1 aromatic carbocycles. The van der Waals surface area contributed by atoms with Gasteiger partial charge in [-0.05, 0) is 31.9 Å². The molecule has 7 heteroatoms. The van der Waals surface area contributed by atoms with Crippen LogP contribution in [0.25, 0.3) is 0 Å². The van der Waals surface area contributed by atoms with E-state index in [1.165, 1.54) is 25.2 Å². The molecule has 1 saturated heterocycles. The van der Waals surface area contributed by atoms with E-state index < -0.39 is 10.5 Å². The molecule has 1 fully saturated rings. The van der Waals surface area contributed by atoms with Crippen LogP contribution in [0.15, 0.2) is 18.2 Å². The number of benzene rings is 1. The fourth-order valence-electron chi connectivity index (χ4n) is 2.45. The molecular weight excluding hydrogens is 274 g/mol. The number of hydrogen-bond acceptors (Lipinski definition) is 5. The number of aliphatic hydroxyl groups is 1. The maximum absolute atomic E-state index is 11.7. The molecular formula is C14H19N3O4. The Morgan fingerprint density at radius 3 is 2.57 bits per heavy atom. The van der Waals surface area contributed by atoms with Crippen molar-refractivity contribution in [2.45, 2.75) is 25.4 Å². The van der Waals surface area contributed by atoms with Gasteiger partial charge >= 0.3 is 0 Å². The van der Waals surface area contributed by atoms with Crippen molar-refractivity contribution in [3.63, 3.8) is 0 Å². The maximum atomic E-state index is 11.7. The predicted octanol–water partition coefficient (Wildman–Crippen LogP) is 1.31. The number of amides is 1. The second-order valence-corrected chi connectivity index (χ2v) is 5.52. The Morgan fingerprint density at radius 2 is 2.05 bits per heavy atom. The molecule has 0 unspecified atom stereocenters. The quantitative estimate of drug-likeness (QED) is 0.647. The summed E-state index contributed by atoms with van der Waals surface area (Å²) in [4.78, 5) is 24.3. The molecule has 0 saturated carbocycles. The highest BCUT2D eigenvalue weighted by molar-refractivity contribution is 5.95. The first-order chi connectivity index (χ1) is 9.84. The average molecular weight is 293 g/mol. The summed E-state index contributed by atoms with van der Waals surface area (Å²) in [5.41, 5.74) is 0.0557. The molecule has 1 aromatic rings. The summed E-state index contributed by atoms with van der Waals surface area (Å²) < 4.78 is 0. The molecule has 114 valence electrons. The first-order valence-corrected chi connectivity index (χ1v) is 6.82. The number of piperidine rings is 1. The SMILES string of the molecule is CNC(=O)c1ccc([N+](=O)[O-])c(N2CCC(C)(O)CC2)c1. The molecule has 1 heterocycles. The van der Waals surface area contributed by atoms with Crippen LogP contribution in [0.4, 0.5) is 11.4 Å². The molecule has 7 nitrogen and oxygen atoms in total. The van der Waals surface area contributed by atoms with Gasteiger partial charge < -0.3 is 15.3 Å². The van der Waals surface area contributed by atoms with E-state index in [0.29, 0.717) is 37.2 Å². The number of nitrogens with one attached hydrogen (secondary N) is 1. The van der Waals surface area contributed by atoms with Gasteiger partial charge in [0.1, 0.15) is 5.69 Å². The fourth-order valence-corrected chi connectivity index (χ4v) is 2.45. The Kier molecular flexibility index (Phi) is 4.13. The molecule has 1 amide bonds. The lowest BCUT2D eigenvalue weighted by atomic mass is 9.93. The van der Waals surface area contributed by atoms with Crippen LogP contribution in [0, 0.1) is 10.1 Å². The zero-order chi connectivity index (χ0) is 15.6. The summed E-state index contributed by atoms with van der Waals surface area (Å²) in [6.45, 7) is 2.80. The van der Waals surface area contributed by atoms with Crippen molar-refractivity contribution >= 4 is 17.3 Å². The van der Waals surface area contributed by atoms with Crippen LogP contribution in [0.2, 0.25) is 0 Å². The molecule has 0 aromatic heterocycles. The molecule has 0 aliphatic carbocycles. The third kappa shape index (κ3) is 3.30. The van der Waals surface area contributed by atoms with Gasteiger partial charge in [0.2, 0.25) is 0 Å². The van der Waals surface area contributed by atoms with E-state index in [4.69, 9.17) is 0 Å². The largest absolute Gasteiger partial charge is 0.390 e.